The third-order valence-electron chi connectivity index (χ3n) is 3.60. The van der Waals surface area contributed by atoms with E-state index in [0.717, 1.165) is 0 Å². The SMILES string of the molecule is CC1(C)CC(NCCCN=[N+]=[N-])(C(N)=O)C(C)(C)O1. The lowest BCUT2D eigenvalue weighted by molar-refractivity contribution is -0.133. The van der Waals surface area contributed by atoms with E-state index >= 15 is 0 Å². The van der Waals surface area contributed by atoms with Gasteiger partial charge in [0.15, 0.2) is 0 Å². The van der Waals surface area contributed by atoms with Gasteiger partial charge in [0.2, 0.25) is 5.91 Å². The number of primary amides is 1. The molecule has 0 spiro atoms. The molecule has 7 heteroatoms. The Morgan fingerprint density at radius 1 is 1.47 bits per heavy atom. The molecule has 19 heavy (non-hydrogen) atoms. The Hall–Kier alpha value is -1.30. The van der Waals surface area contributed by atoms with Crippen LogP contribution in [0.3, 0.4) is 0 Å². The Morgan fingerprint density at radius 3 is 2.53 bits per heavy atom. The number of carbonyl (C=O) groups excluding carboxylic acids is 1. The summed E-state index contributed by atoms with van der Waals surface area (Å²) in [6.07, 6.45) is 1.17. The van der Waals surface area contributed by atoms with Gasteiger partial charge in [0.1, 0.15) is 5.54 Å². The maximum absolute atomic E-state index is 11.9. The van der Waals surface area contributed by atoms with Crippen LogP contribution in [-0.2, 0) is 9.53 Å². The van der Waals surface area contributed by atoms with Crippen molar-refractivity contribution >= 4 is 5.91 Å². The van der Waals surface area contributed by atoms with E-state index in [4.69, 9.17) is 16.0 Å². The topological polar surface area (TPSA) is 113 Å². The summed E-state index contributed by atoms with van der Waals surface area (Å²) in [4.78, 5) is 14.6. The van der Waals surface area contributed by atoms with E-state index in [1.165, 1.54) is 0 Å². The predicted octanol–water partition coefficient (Wildman–Crippen LogP) is 1.48. The standard InChI is InChI=1S/C12H23N5O2/c1-10(2)8-12(9(13)18,11(3,4)19-10)15-6-5-7-16-17-14/h15H,5-8H2,1-4H3,(H2,13,18). The fourth-order valence-corrected chi connectivity index (χ4v) is 2.91. The van der Waals surface area contributed by atoms with Crippen molar-refractivity contribution in [2.45, 2.75) is 57.3 Å². The number of nitrogens with one attached hydrogen (secondary N) is 1. The fourth-order valence-electron chi connectivity index (χ4n) is 2.91. The zero-order valence-electron chi connectivity index (χ0n) is 12.1. The van der Waals surface area contributed by atoms with E-state index in [1.54, 1.807) is 0 Å². The van der Waals surface area contributed by atoms with Crippen molar-refractivity contribution in [3.63, 3.8) is 0 Å². The summed E-state index contributed by atoms with van der Waals surface area (Å²) < 4.78 is 5.95. The molecule has 108 valence electrons. The first-order valence-corrected chi connectivity index (χ1v) is 6.43. The van der Waals surface area contributed by atoms with E-state index in [1.807, 2.05) is 27.7 Å². The van der Waals surface area contributed by atoms with Gasteiger partial charge in [0, 0.05) is 17.9 Å². The molecule has 0 saturated carbocycles. The van der Waals surface area contributed by atoms with Crippen LogP contribution in [0.15, 0.2) is 5.11 Å². The van der Waals surface area contributed by atoms with Gasteiger partial charge in [0.05, 0.1) is 11.2 Å². The van der Waals surface area contributed by atoms with Crippen LogP contribution in [-0.4, -0.2) is 35.7 Å². The van der Waals surface area contributed by atoms with Crippen LogP contribution in [0.2, 0.25) is 0 Å². The quantitative estimate of drug-likeness (QED) is 0.329. The third kappa shape index (κ3) is 3.18. The van der Waals surface area contributed by atoms with Gasteiger partial charge in [-0.2, -0.15) is 0 Å². The van der Waals surface area contributed by atoms with Gasteiger partial charge < -0.3 is 15.8 Å². The molecule has 0 radical (unpaired) electrons. The minimum Gasteiger partial charge on any atom is -0.368 e. The molecule has 0 aromatic carbocycles. The zero-order chi connectivity index (χ0) is 14.7. The highest BCUT2D eigenvalue weighted by Crippen LogP contribution is 2.44. The largest absolute Gasteiger partial charge is 0.368 e. The van der Waals surface area contributed by atoms with Crippen molar-refractivity contribution in [2.75, 3.05) is 13.1 Å². The molecule has 1 unspecified atom stereocenters. The van der Waals surface area contributed by atoms with Crippen molar-refractivity contribution in [3.05, 3.63) is 10.4 Å². The first-order valence-electron chi connectivity index (χ1n) is 6.43. The molecule has 1 aliphatic heterocycles. The van der Waals surface area contributed by atoms with Crippen LogP contribution in [0, 0.1) is 0 Å². The Bertz CT molecular complexity index is 401. The summed E-state index contributed by atoms with van der Waals surface area (Å²) >= 11 is 0. The second-order valence-corrected chi connectivity index (χ2v) is 6.05. The lowest BCUT2D eigenvalue weighted by Crippen LogP contribution is -2.65. The maximum Gasteiger partial charge on any atom is 0.240 e. The first kappa shape index (κ1) is 15.8. The monoisotopic (exact) mass is 269 g/mol. The number of hydrogen-bond donors (Lipinski definition) is 2. The summed E-state index contributed by atoms with van der Waals surface area (Å²) in [5.41, 5.74) is 11.8. The van der Waals surface area contributed by atoms with Crippen molar-refractivity contribution < 1.29 is 9.53 Å². The van der Waals surface area contributed by atoms with Crippen LogP contribution in [0.25, 0.3) is 10.4 Å². The summed E-state index contributed by atoms with van der Waals surface area (Å²) in [6.45, 7) is 8.57. The molecule has 1 rings (SSSR count). The minimum absolute atomic E-state index is 0.392. The second-order valence-electron chi connectivity index (χ2n) is 6.05. The zero-order valence-corrected chi connectivity index (χ0v) is 12.1. The van der Waals surface area contributed by atoms with Crippen LogP contribution in [0.5, 0.6) is 0 Å². The van der Waals surface area contributed by atoms with Crippen LogP contribution < -0.4 is 11.1 Å². The minimum atomic E-state index is -0.896. The molecule has 7 nitrogen and oxygen atoms in total. The Balaban J connectivity index is 2.81. The van der Waals surface area contributed by atoms with Gasteiger partial charge >= 0.3 is 0 Å². The lowest BCUT2D eigenvalue weighted by Gasteiger charge is -2.37. The molecule has 0 bridgehead atoms. The van der Waals surface area contributed by atoms with E-state index in [2.05, 4.69) is 15.3 Å². The number of carbonyl (C=O) groups is 1. The number of hydrogen-bond acceptors (Lipinski definition) is 4. The van der Waals surface area contributed by atoms with Gasteiger partial charge in [-0.25, -0.2) is 0 Å². The molecule has 1 saturated heterocycles. The molecule has 1 heterocycles. The number of nitrogens with zero attached hydrogens (tertiary/aromatic N) is 3. The highest BCUT2D eigenvalue weighted by atomic mass is 16.5. The average Bonchev–Trinajstić information content (AvgIpc) is 2.43. The van der Waals surface area contributed by atoms with Crippen LogP contribution >= 0.6 is 0 Å². The summed E-state index contributed by atoms with van der Waals surface area (Å²) in [5.74, 6) is -0.410. The number of rotatable bonds is 6. The third-order valence-corrected chi connectivity index (χ3v) is 3.60. The van der Waals surface area contributed by atoms with Crippen molar-refractivity contribution in [1.29, 1.82) is 0 Å². The molecule has 0 aromatic rings. The smallest absolute Gasteiger partial charge is 0.240 e. The Kier molecular flexibility index (Phi) is 4.45. The normalized spacial score (nSPS) is 27.8. The van der Waals surface area contributed by atoms with E-state index in [-0.39, 0.29) is 0 Å². The van der Waals surface area contributed by atoms with Gasteiger partial charge in [-0.3, -0.25) is 4.79 Å². The van der Waals surface area contributed by atoms with Crippen LogP contribution in [0.4, 0.5) is 0 Å². The first-order chi connectivity index (χ1) is 8.67. The number of nitrogens with two attached hydrogens (primary N) is 1. The molecule has 1 atom stereocenters. The molecular formula is C12H23N5O2. The molecule has 0 aromatic heterocycles. The van der Waals surface area contributed by atoms with Gasteiger partial charge in [-0.05, 0) is 46.2 Å². The Morgan fingerprint density at radius 2 is 2.11 bits per heavy atom. The fraction of sp³-hybridized carbons (Fsp3) is 0.917. The summed E-state index contributed by atoms with van der Waals surface area (Å²) in [5, 5.41) is 6.68. The Labute approximate surface area is 113 Å². The molecule has 1 amide bonds. The lowest BCUT2D eigenvalue weighted by atomic mass is 9.78. The van der Waals surface area contributed by atoms with Gasteiger partial charge in [0.25, 0.3) is 0 Å². The molecule has 1 fully saturated rings. The van der Waals surface area contributed by atoms with Crippen molar-refractivity contribution in [2.24, 2.45) is 10.8 Å². The molecule has 3 N–H and O–H groups in total. The summed E-state index contributed by atoms with van der Waals surface area (Å²) in [7, 11) is 0. The second kappa shape index (κ2) is 5.36. The van der Waals surface area contributed by atoms with Gasteiger partial charge in [-0.15, -0.1) is 0 Å². The molecular weight excluding hydrogens is 246 g/mol. The number of azide groups is 1. The number of amides is 1. The molecule has 1 aliphatic rings. The van der Waals surface area contributed by atoms with E-state index in [0.29, 0.717) is 25.9 Å². The van der Waals surface area contributed by atoms with Crippen LogP contribution in [0.1, 0.15) is 40.5 Å². The van der Waals surface area contributed by atoms with E-state index in [9.17, 15) is 4.79 Å². The van der Waals surface area contributed by atoms with E-state index < -0.39 is 22.6 Å². The predicted molar refractivity (Wildman–Crippen MR) is 72.4 cm³/mol. The van der Waals surface area contributed by atoms with Gasteiger partial charge in [-0.1, -0.05) is 5.11 Å². The highest BCUT2D eigenvalue weighted by molar-refractivity contribution is 5.87. The molecule has 0 aliphatic carbocycles. The van der Waals surface area contributed by atoms with Crippen molar-refractivity contribution in [3.8, 4) is 0 Å². The average molecular weight is 269 g/mol. The summed E-state index contributed by atoms with van der Waals surface area (Å²) in [6, 6.07) is 0. The van der Waals surface area contributed by atoms with Crippen molar-refractivity contribution in [1.82, 2.24) is 5.32 Å². The maximum atomic E-state index is 11.9. The number of ether oxygens (including phenoxy) is 1. The highest BCUT2D eigenvalue weighted by Gasteiger charge is 2.60.